The maximum absolute atomic E-state index is 2.27. The Balaban J connectivity index is 2.37. The number of fused-ring (bicyclic) bond motifs is 1. The number of benzene rings is 2. The van der Waals surface area contributed by atoms with Crippen molar-refractivity contribution in [3.63, 3.8) is 0 Å². The van der Waals surface area contributed by atoms with Crippen LogP contribution in [0.5, 0.6) is 0 Å². The fraction of sp³-hybridized carbons (Fsp3) is 0.235. The molecule has 0 spiro atoms. The molecule has 96 valence electrons. The Morgan fingerprint density at radius 1 is 1.00 bits per heavy atom. The molecule has 0 fully saturated rings. The molecule has 0 radical (unpaired) electrons. The maximum atomic E-state index is 2.27. The van der Waals surface area contributed by atoms with Crippen LogP contribution in [0.4, 0.5) is 0 Å². The number of nitrogens with zero attached hydrogens (tertiary/aromatic N) is 2. The first-order valence-electron chi connectivity index (χ1n) is 6.60. The van der Waals surface area contributed by atoms with Crippen molar-refractivity contribution >= 4 is 11.0 Å². The highest BCUT2D eigenvalue weighted by Crippen LogP contribution is 2.25. The van der Waals surface area contributed by atoms with Crippen molar-refractivity contribution in [1.29, 1.82) is 0 Å². The van der Waals surface area contributed by atoms with Gasteiger partial charge in [-0.2, -0.15) is 0 Å². The smallest absolute Gasteiger partial charge is 0.226 e. The third-order valence-electron chi connectivity index (χ3n) is 3.86. The molecule has 2 aromatic carbocycles. The Labute approximate surface area is 113 Å². The summed E-state index contributed by atoms with van der Waals surface area (Å²) in [5, 5.41) is 0. The van der Waals surface area contributed by atoms with Crippen LogP contribution in [0, 0.1) is 13.8 Å². The SMILES string of the molecule is Cc1ccc(-c2n(C)c3ccccc3[n+]2C)c(C)c1. The Hall–Kier alpha value is -2.09. The Morgan fingerprint density at radius 3 is 2.42 bits per heavy atom. The molecule has 0 bridgehead atoms. The second-order valence-corrected chi connectivity index (χ2v) is 5.25. The highest BCUT2D eigenvalue weighted by molar-refractivity contribution is 5.76. The average molecular weight is 251 g/mol. The van der Waals surface area contributed by atoms with E-state index in [1.54, 1.807) is 0 Å². The standard InChI is InChI=1S/C17H19N2/c1-12-9-10-14(13(2)11-12)17-18(3)15-7-5-6-8-16(15)19(17)4/h5-11H,1-4H3/q+1. The molecule has 0 N–H and O–H groups in total. The second-order valence-electron chi connectivity index (χ2n) is 5.25. The van der Waals surface area contributed by atoms with Gasteiger partial charge in [-0.15, -0.1) is 0 Å². The monoisotopic (exact) mass is 251 g/mol. The molecule has 0 aliphatic heterocycles. The summed E-state index contributed by atoms with van der Waals surface area (Å²) in [6.45, 7) is 4.32. The quantitative estimate of drug-likeness (QED) is 0.587. The minimum absolute atomic E-state index is 1.25. The second kappa shape index (κ2) is 4.23. The van der Waals surface area contributed by atoms with E-state index in [-0.39, 0.29) is 0 Å². The molecule has 2 nitrogen and oxygen atoms in total. The Kier molecular flexibility index (Phi) is 2.67. The third kappa shape index (κ3) is 1.75. The zero-order valence-electron chi connectivity index (χ0n) is 11.9. The number of para-hydroxylation sites is 2. The summed E-state index contributed by atoms with van der Waals surface area (Å²) >= 11 is 0. The van der Waals surface area contributed by atoms with E-state index in [1.807, 2.05) is 0 Å². The number of imidazole rings is 1. The summed E-state index contributed by atoms with van der Waals surface area (Å²) in [4.78, 5) is 0. The van der Waals surface area contributed by atoms with Gasteiger partial charge >= 0.3 is 0 Å². The Bertz CT molecular complexity index is 727. The lowest BCUT2D eigenvalue weighted by atomic mass is 10.1. The summed E-state index contributed by atoms with van der Waals surface area (Å²) in [6.07, 6.45) is 0. The highest BCUT2D eigenvalue weighted by atomic mass is 15.1. The maximum Gasteiger partial charge on any atom is 0.289 e. The molecule has 0 saturated heterocycles. The minimum Gasteiger partial charge on any atom is -0.226 e. The van der Waals surface area contributed by atoms with E-state index in [2.05, 4.69) is 79.5 Å². The van der Waals surface area contributed by atoms with Crippen molar-refractivity contribution in [2.45, 2.75) is 13.8 Å². The van der Waals surface area contributed by atoms with Crippen LogP contribution in [0.15, 0.2) is 42.5 Å². The molecule has 2 heteroatoms. The van der Waals surface area contributed by atoms with Crippen LogP contribution in [0.3, 0.4) is 0 Å². The van der Waals surface area contributed by atoms with E-state index >= 15 is 0 Å². The van der Waals surface area contributed by atoms with Gasteiger partial charge in [-0.05, 0) is 37.6 Å². The largest absolute Gasteiger partial charge is 0.289 e. The van der Waals surface area contributed by atoms with Gasteiger partial charge in [0.2, 0.25) is 0 Å². The fourth-order valence-electron chi connectivity index (χ4n) is 2.91. The van der Waals surface area contributed by atoms with Crippen molar-refractivity contribution in [2.24, 2.45) is 14.1 Å². The molecule has 3 aromatic rings. The molecule has 0 unspecified atom stereocenters. The lowest BCUT2D eigenvalue weighted by Crippen LogP contribution is -2.30. The van der Waals surface area contributed by atoms with Crippen LogP contribution in [-0.2, 0) is 14.1 Å². The van der Waals surface area contributed by atoms with E-state index in [0.29, 0.717) is 0 Å². The van der Waals surface area contributed by atoms with E-state index in [9.17, 15) is 0 Å². The van der Waals surface area contributed by atoms with Crippen molar-refractivity contribution in [3.8, 4) is 11.4 Å². The van der Waals surface area contributed by atoms with Gasteiger partial charge in [-0.25, -0.2) is 9.13 Å². The first-order chi connectivity index (χ1) is 9.09. The average Bonchev–Trinajstić information content (AvgIpc) is 2.64. The molecule has 0 atom stereocenters. The first-order valence-corrected chi connectivity index (χ1v) is 6.60. The summed E-state index contributed by atoms with van der Waals surface area (Å²) in [5.74, 6) is 1.25. The van der Waals surface area contributed by atoms with Crippen molar-refractivity contribution in [2.75, 3.05) is 0 Å². The van der Waals surface area contributed by atoms with E-state index in [0.717, 1.165) is 0 Å². The lowest BCUT2D eigenvalue weighted by molar-refractivity contribution is -0.634. The number of aromatic nitrogens is 2. The normalized spacial score (nSPS) is 11.2. The molecule has 0 aliphatic carbocycles. The van der Waals surface area contributed by atoms with Crippen LogP contribution in [0.25, 0.3) is 22.4 Å². The molecule has 3 rings (SSSR count). The van der Waals surface area contributed by atoms with Gasteiger partial charge in [0.1, 0.15) is 0 Å². The van der Waals surface area contributed by atoms with E-state index in [4.69, 9.17) is 0 Å². The molecule has 19 heavy (non-hydrogen) atoms. The molecular weight excluding hydrogens is 232 g/mol. The highest BCUT2D eigenvalue weighted by Gasteiger charge is 2.22. The van der Waals surface area contributed by atoms with Gasteiger partial charge in [-0.1, -0.05) is 29.8 Å². The zero-order chi connectivity index (χ0) is 13.6. The van der Waals surface area contributed by atoms with Crippen LogP contribution >= 0.6 is 0 Å². The van der Waals surface area contributed by atoms with Gasteiger partial charge in [-0.3, -0.25) is 0 Å². The number of rotatable bonds is 1. The predicted molar refractivity (Wildman–Crippen MR) is 79.0 cm³/mol. The van der Waals surface area contributed by atoms with Gasteiger partial charge in [0.15, 0.2) is 11.0 Å². The molecule has 0 aliphatic rings. The molecular formula is C17H19N2+. The minimum atomic E-state index is 1.25. The Morgan fingerprint density at radius 2 is 1.74 bits per heavy atom. The van der Waals surface area contributed by atoms with Crippen LogP contribution in [0.1, 0.15) is 11.1 Å². The van der Waals surface area contributed by atoms with Gasteiger partial charge in [0.05, 0.1) is 19.7 Å². The molecule has 0 amide bonds. The van der Waals surface area contributed by atoms with E-state index < -0.39 is 0 Å². The van der Waals surface area contributed by atoms with Crippen LogP contribution < -0.4 is 4.57 Å². The summed E-state index contributed by atoms with van der Waals surface area (Å²) in [6, 6.07) is 15.2. The third-order valence-corrected chi connectivity index (χ3v) is 3.86. The zero-order valence-corrected chi connectivity index (χ0v) is 11.9. The number of aryl methyl sites for hydroxylation is 4. The van der Waals surface area contributed by atoms with Crippen LogP contribution in [0.2, 0.25) is 0 Å². The molecule has 1 heterocycles. The predicted octanol–water partition coefficient (Wildman–Crippen LogP) is 3.29. The first kappa shape index (κ1) is 12.0. The molecule has 1 aromatic heterocycles. The van der Waals surface area contributed by atoms with Crippen molar-refractivity contribution < 1.29 is 4.57 Å². The topological polar surface area (TPSA) is 8.81 Å². The lowest BCUT2D eigenvalue weighted by Gasteiger charge is -2.04. The number of hydrogen-bond acceptors (Lipinski definition) is 0. The van der Waals surface area contributed by atoms with Crippen LogP contribution in [-0.4, -0.2) is 4.57 Å². The summed E-state index contributed by atoms with van der Waals surface area (Å²) in [7, 11) is 4.27. The van der Waals surface area contributed by atoms with Crippen molar-refractivity contribution in [1.82, 2.24) is 4.57 Å². The van der Waals surface area contributed by atoms with Crippen molar-refractivity contribution in [3.05, 3.63) is 53.6 Å². The summed E-state index contributed by atoms with van der Waals surface area (Å²) < 4.78 is 4.54. The van der Waals surface area contributed by atoms with Gasteiger partial charge in [0.25, 0.3) is 5.82 Å². The van der Waals surface area contributed by atoms with Gasteiger partial charge < -0.3 is 0 Å². The number of hydrogen-bond donors (Lipinski definition) is 0. The van der Waals surface area contributed by atoms with Gasteiger partial charge in [0, 0.05) is 0 Å². The molecule has 0 saturated carbocycles. The fourth-order valence-corrected chi connectivity index (χ4v) is 2.91. The van der Waals surface area contributed by atoms with E-state index in [1.165, 1.54) is 33.5 Å². The summed E-state index contributed by atoms with van der Waals surface area (Å²) in [5.41, 5.74) is 6.45.